The van der Waals surface area contributed by atoms with Gasteiger partial charge >= 0.3 is 0 Å². The maximum Gasteiger partial charge on any atom is 0.274 e. The lowest BCUT2D eigenvalue weighted by molar-refractivity contribution is -0.123. The fourth-order valence-corrected chi connectivity index (χ4v) is 3.89. The second-order valence-corrected chi connectivity index (χ2v) is 7.92. The molecule has 1 saturated carbocycles. The summed E-state index contributed by atoms with van der Waals surface area (Å²) in [6.07, 6.45) is 7.80. The van der Waals surface area contributed by atoms with Crippen LogP contribution in [0.2, 0.25) is 0 Å². The average Bonchev–Trinajstić information content (AvgIpc) is 2.46. The first-order chi connectivity index (χ1) is 10.4. The summed E-state index contributed by atoms with van der Waals surface area (Å²) in [6.45, 7) is 2.38. The number of hydrogen-bond acceptors (Lipinski definition) is 4. The van der Waals surface area contributed by atoms with E-state index in [0.717, 1.165) is 38.8 Å². The molecule has 2 fully saturated rings. The van der Waals surface area contributed by atoms with Crippen molar-refractivity contribution in [3.63, 3.8) is 0 Å². The highest BCUT2D eigenvalue weighted by Crippen LogP contribution is 2.18. The first-order valence-corrected chi connectivity index (χ1v) is 9.76. The standard InChI is InChI=1S/C14H28N4O3S/c15-22(20,21)16-9-12-5-4-8-18(10-12)11-14(19)17-13-6-2-1-3-7-13/h12-13,16H,1-11H2,(H,17,19)(H2,15,20,21)/t12-/m1/s1. The topological polar surface area (TPSA) is 105 Å². The van der Waals surface area contributed by atoms with Crippen LogP contribution in [0.25, 0.3) is 0 Å². The Bertz CT molecular complexity index is 463. The zero-order valence-corrected chi connectivity index (χ0v) is 13.9. The number of carbonyl (C=O) groups excluding carboxylic acids is 1. The Balaban J connectivity index is 1.71. The molecule has 0 aromatic rings. The summed E-state index contributed by atoms with van der Waals surface area (Å²) in [5.74, 6) is 0.307. The molecule has 0 spiro atoms. The molecular weight excluding hydrogens is 304 g/mol. The zero-order valence-electron chi connectivity index (χ0n) is 13.1. The van der Waals surface area contributed by atoms with Crippen LogP contribution in [0.4, 0.5) is 0 Å². The fraction of sp³-hybridized carbons (Fsp3) is 0.929. The van der Waals surface area contributed by atoms with E-state index in [9.17, 15) is 13.2 Å². The molecule has 1 heterocycles. The van der Waals surface area contributed by atoms with Crippen molar-refractivity contribution in [3.8, 4) is 0 Å². The van der Waals surface area contributed by atoms with Crippen molar-refractivity contribution in [3.05, 3.63) is 0 Å². The van der Waals surface area contributed by atoms with Crippen LogP contribution in [0.3, 0.4) is 0 Å². The van der Waals surface area contributed by atoms with E-state index in [1.807, 2.05) is 0 Å². The van der Waals surface area contributed by atoms with Crippen molar-refractivity contribution < 1.29 is 13.2 Å². The molecular formula is C14H28N4O3S. The summed E-state index contributed by atoms with van der Waals surface area (Å²) in [5, 5.41) is 8.08. The Hall–Kier alpha value is -0.700. The van der Waals surface area contributed by atoms with Gasteiger partial charge in [0, 0.05) is 19.1 Å². The zero-order chi connectivity index (χ0) is 16.0. The molecule has 1 saturated heterocycles. The SMILES string of the molecule is NS(=O)(=O)NC[C@H]1CCCN(CC(=O)NC2CCCCC2)C1. The molecule has 8 heteroatoms. The summed E-state index contributed by atoms with van der Waals surface area (Å²) < 4.78 is 24.2. The molecule has 1 aliphatic heterocycles. The van der Waals surface area contributed by atoms with Gasteiger partial charge < -0.3 is 5.32 Å². The highest BCUT2D eigenvalue weighted by molar-refractivity contribution is 7.87. The van der Waals surface area contributed by atoms with Crippen LogP contribution < -0.4 is 15.2 Å². The second kappa shape index (κ2) is 8.24. The van der Waals surface area contributed by atoms with Gasteiger partial charge in [-0.3, -0.25) is 9.69 Å². The predicted molar refractivity (Wildman–Crippen MR) is 85.3 cm³/mol. The number of nitrogens with zero attached hydrogens (tertiary/aromatic N) is 1. The monoisotopic (exact) mass is 332 g/mol. The number of piperidine rings is 1. The fourth-order valence-electron chi connectivity index (χ4n) is 3.42. The lowest BCUT2D eigenvalue weighted by atomic mass is 9.95. The van der Waals surface area contributed by atoms with Gasteiger partial charge in [-0.15, -0.1) is 0 Å². The second-order valence-electron chi connectivity index (χ2n) is 6.54. The minimum Gasteiger partial charge on any atom is -0.352 e. The minimum absolute atomic E-state index is 0.0898. The van der Waals surface area contributed by atoms with Crippen LogP contribution >= 0.6 is 0 Å². The Labute approximate surface area is 133 Å². The molecule has 2 aliphatic rings. The first-order valence-electron chi connectivity index (χ1n) is 8.21. The Morgan fingerprint density at radius 3 is 2.55 bits per heavy atom. The maximum atomic E-state index is 12.1. The number of likely N-dealkylation sites (tertiary alicyclic amines) is 1. The molecule has 0 radical (unpaired) electrons. The first kappa shape index (κ1) is 17.7. The number of rotatable bonds is 6. The van der Waals surface area contributed by atoms with Gasteiger partial charge in [0.25, 0.3) is 10.2 Å². The van der Waals surface area contributed by atoms with Gasteiger partial charge in [-0.1, -0.05) is 19.3 Å². The third-order valence-corrected chi connectivity index (χ3v) is 5.08. The lowest BCUT2D eigenvalue weighted by Gasteiger charge is -2.32. The van der Waals surface area contributed by atoms with E-state index in [2.05, 4.69) is 14.9 Å². The number of carbonyl (C=O) groups is 1. The molecule has 1 amide bonds. The van der Waals surface area contributed by atoms with Crippen molar-refractivity contribution >= 4 is 16.1 Å². The summed E-state index contributed by atoms with van der Waals surface area (Å²) in [7, 11) is -3.63. The molecule has 1 aliphatic carbocycles. The molecule has 0 bridgehead atoms. The van der Waals surface area contributed by atoms with Crippen LogP contribution in [-0.4, -0.2) is 51.4 Å². The largest absolute Gasteiger partial charge is 0.352 e. The summed E-state index contributed by atoms with van der Waals surface area (Å²) >= 11 is 0. The van der Waals surface area contributed by atoms with Gasteiger partial charge in [-0.2, -0.15) is 8.42 Å². The summed E-state index contributed by atoms with van der Waals surface area (Å²) in [4.78, 5) is 14.2. The van der Waals surface area contributed by atoms with Crippen LogP contribution in [0, 0.1) is 5.92 Å². The molecule has 1 atom stereocenters. The smallest absolute Gasteiger partial charge is 0.274 e. The van der Waals surface area contributed by atoms with E-state index >= 15 is 0 Å². The summed E-state index contributed by atoms with van der Waals surface area (Å²) in [5.41, 5.74) is 0. The van der Waals surface area contributed by atoms with Crippen LogP contribution in [-0.2, 0) is 15.0 Å². The Morgan fingerprint density at radius 1 is 1.14 bits per heavy atom. The minimum atomic E-state index is -3.63. The number of amides is 1. The van der Waals surface area contributed by atoms with E-state index in [1.165, 1.54) is 19.3 Å². The molecule has 0 aromatic heterocycles. The Kier molecular flexibility index (Phi) is 6.61. The van der Waals surface area contributed by atoms with Crippen LogP contribution in [0.15, 0.2) is 0 Å². The van der Waals surface area contributed by atoms with Gasteiger partial charge in [-0.25, -0.2) is 9.86 Å². The normalized spacial score (nSPS) is 25.0. The van der Waals surface area contributed by atoms with Crippen molar-refractivity contribution in [2.75, 3.05) is 26.2 Å². The molecule has 4 N–H and O–H groups in total. The highest BCUT2D eigenvalue weighted by Gasteiger charge is 2.23. The van der Waals surface area contributed by atoms with E-state index in [0.29, 0.717) is 19.1 Å². The van der Waals surface area contributed by atoms with Gasteiger partial charge in [-0.05, 0) is 38.1 Å². The van der Waals surface area contributed by atoms with E-state index in [-0.39, 0.29) is 11.8 Å². The third kappa shape index (κ3) is 6.60. The number of hydrogen-bond donors (Lipinski definition) is 3. The molecule has 22 heavy (non-hydrogen) atoms. The third-order valence-electron chi connectivity index (χ3n) is 4.51. The van der Waals surface area contributed by atoms with Crippen LogP contribution in [0.5, 0.6) is 0 Å². The van der Waals surface area contributed by atoms with E-state index < -0.39 is 10.2 Å². The van der Waals surface area contributed by atoms with Crippen molar-refractivity contribution in [1.82, 2.24) is 14.9 Å². The highest BCUT2D eigenvalue weighted by atomic mass is 32.2. The van der Waals surface area contributed by atoms with Crippen molar-refractivity contribution in [1.29, 1.82) is 0 Å². The van der Waals surface area contributed by atoms with Crippen LogP contribution in [0.1, 0.15) is 44.9 Å². The quantitative estimate of drug-likeness (QED) is 0.634. The van der Waals surface area contributed by atoms with Gasteiger partial charge in [0.05, 0.1) is 6.54 Å². The van der Waals surface area contributed by atoms with Gasteiger partial charge in [0.2, 0.25) is 5.91 Å². The Morgan fingerprint density at radius 2 is 1.86 bits per heavy atom. The summed E-state index contributed by atoms with van der Waals surface area (Å²) in [6, 6.07) is 0.339. The number of nitrogens with one attached hydrogen (secondary N) is 2. The lowest BCUT2D eigenvalue weighted by Crippen LogP contribution is -2.47. The van der Waals surface area contributed by atoms with E-state index in [1.54, 1.807) is 0 Å². The van der Waals surface area contributed by atoms with E-state index in [4.69, 9.17) is 5.14 Å². The molecule has 7 nitrogen and oxygen atoms in total. The van der Waals surface area contributed by atoms with Gasteiger partial charge in [0.1, 0.15) is 0 Å². The van der Waals surface area contributed by atoms with Crippen molar-refractivity contribution in [2.24, 2.45) is 11.1 Å². The predicted octanol–water partition coefficient (Wildman–Crippen LogP) is -0.0596. The number of nitrogens with two attached hydrogens (primary N) is 1. The molecule has 2 rings (SSSR count). The average molecular weight is 332 g/mol. The molecule has 0 aromatic carbocycles. The van der Waals surface area contributed by atoms with Crippen molar-refractivity contribution in [2.45, 2.75) is 51.0 Å². The molecule has 0 unspecified atom stereocenters. The maximum absolute atomic E-state index is 12.1. The molecule has 128 valence electrons. The van der Waals surface area contributed by atoms with Gasteiger partial charge in [0.15, 0.2) is 0 Å².